The van der Waals surface area contributed by atoms with Gasteiger partial charge in [0, 0.05) is 22.6 Å². The summed E-state index contributed by atoms with van der Waals surface area (Å²) in [5.74, 6) is -0.240. The van der Waals surface area contributed by atoms with Crippen molar-refractivity contribution in [2.75, 3.05) is 11.9 Å². The summed E-state index contributed by atoms with van der Waals surface area (Å²) in [6, 6.07) is 8.96. The summed E-state index contributed by atoms with van der Waals surface area (Å²) < 4.78 is 33.0. The Labute approximate surface area is 124 Å². The molecule has 5 heteroatoms. The van der Waals surface area contributed by atoms with Gasteiger partial charge in [0.15, 0.2) is 0 Å². The van der Waals surface area contributed by atoms with E-state index < -0.39 is 0 Å². The molecule has 0 radical (unpaired) electrons. The zero-order chi connectivity index (χ0) is 14.5. The van der Waals surface area contributed by atoms with E-state index in [2.05, 4.69) is 21.2 Å². The van der Waals surface area contributed by atoms with Crippen molar-refractivity contribution >= 4 is 21.6 Å². The van der Waals surface area contributed by atoms with E-state index >= 15 is 0 Å². The molecule has 0 aliphatic carbocycles. The molecule has 0 aliphatic rings. The van der Waals surface area contributed by atoms with Gasteiger partial charge in [-0.15, -0.1) is 0 Å². The van der Waals surface area contributed by atoms with Gasteiger partial charge in [0.2, 0.25) is 0 Å². The Kier molecular flexibility index (Phi) is 4.95. The summed E-state index contributed by atoms with van der Waals surface area (Å²) in [5.41, 5.74) is 1.15. The first-order valence-corrected chi connectivity index (χ1v) is 6.99. The number of benzene rings is 2. The van der Waals surface area contributed by atoms with E-state index in [4.69, 9.17) is 4.74 Å². The number of halogens is 3. The van der Waals surface area contributed by atoms with Crippen LogP contribution < -0.4 is 10.1 Å². The number of anilines is 1. The second-order valence-corrected chi connectivity index (χ2v) is 5.08. The van der Waals surface area contributed by atoms with Gasteiger partial charge in [-0.25, -0.2) is 8.78 Å². The van der Waals surface area contributed by atoms with Crippen molar-refractivity contribution in [2.24, 2.45) is 0 Å². The van der Waals surface area contributed by atoms with E-state index in [1.54, 1.807) is 18.2 Å². The van der Waals surface area contributed by atoms with E-state index in [0.717, 1.165) is 4.47 Å². The summed E-state index contributed by atoms with van der Waals surface area (Å²) in [5, 5.41) is 3.06. The van der Waals surface area contributed by atoms with Gasteiger partial charge in [0.25, 0.3) is 0 Å². The molecule has 0 aromatic heterocycles. The molecular formula is C15H14BrF2NO. The molecule has 1 N–H and O–H groups in total. The molecule has 0 atom stereocenters. The first kappa shape index (κ1) is 14.8. The first-order chi connectivity index (χ1) is 9.60. The standard InChI is InChI=1S/C15H14BrF2NO/c1-2-20-15-8-12(17)4-6-14(15)19-9-10-7-11(16)3-5-13(10)18/h3-8,19H,2,9H2,1H3. The lowest BCUT2D eigenvalue weighted by Crippen LogP contribution is -2.04. The Morgan fingerprint density at radius 2 is 1.95 bits per heavy atom. The second-order valence-electron chi connectivity index (χ2n) is 4.16. The van der Waals surface area contributed by atoms with E-state index in [0.29, 0.717) is 23.6 Å². The molecule has 0 aliphatic heterocycles. The van der Waals surface area contributed by atoms with Crippen molar-refractivity contribution in [3.63, 3.8) is 0 Å². The van der Waals surface area contributed by atoms with Crippen LogP contribution in [-0.2, 0) is 6.54 Å². The highest BCUT2D eigenvalue weighted by Gasteiger charge is 2.07. The minimum atomic E-state index is -0.368. The molecular weight excluding hydrogens is 328 g/mol. The average Bonchev–Trinajstić information content (AvgIpc) is 2.42. The van der Waals surface area contributed by atoms with E-state index in [1.807, 2.05) is 6.92 Å². The lowest BCUT2D eigenvalue weighted by molar-refractivity contribution is 0.339. The monoisotopic (exact) mass is 341 g/mol. The van der Waals surface area contributed by atoms with Crippen LogP contribution in [0.5, 0.6) is 5.75 Å². The van der Waals surface area contributed by atoms with Crippen molar-refractivity contribution in [3.8, 4) is 5.75 Å². The van der Waals surface area contributed by atoms with Crippen LogP contribution in [-0.4, -0.2) is 6.61 Å². The molecule has 0 heterocycles. The van der Waals surface area contributed by atoms with Crippen molar-refractivity contribution in [2.45, 2.75) is 13.5 Å². The fourth-order valence-electron chi connectivity index (χ4n) is 1.79. The minimum absolute atomic E-state index is 0.289. The maximum absolute atomic E-state index is 13.6. The number of hydrogen-bond donors (Lipinski definition) is 1. The van der Waals surface area contributed by atoms with E-state index in [1.165, 1.54) is 18.2 Å². The van der Waals surface area contributed by atoms with Gasteiger partial charge in [0.05, 0.1) is 12.3 Å². The summed E-state index contributed by atoms with van der Waals surface area (Å²) in [4.78, 5) is 0. The van der Waals surface area contributed by atoms with Crippen molar-refractivity contribution in [3.05, 3.63) is 58.1 Å². The lowest BCUT2D eigenvalue weighted by atomic mass is 10.2. The van der Waals surface area contributed by atoms with Crippen LogP contribution in [0.3, 0.4) is 0 Å². The zero-order valence-electron chi connectivity index (χ0n) is 10.9. The molecule has 2 nitrogen and oxygen atoms in total. The average molecular weight is 342 g/mol. The van der Waals surface area contributed by atoms with Gasteiger partial charge in [-0.05, 0) is 37.3 Å². The van der Waals surface area contributed by atoms with Gasteiger partial charge in [0.1, 0.15) is 17.4 Å². The Morgan fingerprint density at radius 3 is 2.70 bits per heavy atom. The minimum Gasteiger partial charge on any atom is -0.492 e. The SMILES string of the molecule is CCOc1cc(F)ccc1NCc1cc(Br)ccc1F. The fourth-order valence-corrected chi connectivity index (χ4v) is 2.19. The van der Waals surface area contributed by atoms with Crippen molar-refractivity contribution < 1.29 is 13.5 Å². The van der Waals surface area contributed by atoms with Crippen LogP contribution in [0.4, 0.5) is 14.5 Å². The van der Waals surface area contributed by atoms with Gasteiger partial charge < -0.3 is 10.1 Å². The molecule has 2 aromatic carbocycles. The highest BCUT2D eigenvalue weighted by molar-refractivity contribution is 9.10. The highest BCUT2D eigenvalue weighted by Crippen LogP contribution is 2.26. The number of ether oxygens (including phenoxy) is 1. The van der Waals surface area contributed by atoms with Crippen LogP contribution in [0, 0.1) is 11.6 Å². The van der Waals surface area contributed by atoms with Crippen LogP contribution in [0.25, 0.3) is 0 Å². The molecule has 2 aromatic rings. The zero-order valence-corrected chi connectivity index (χ0v) is 12.5. The summed E-state index contributed by atoms with van der Waals surface area (Å²) in [6.07, 6.45) is 0. The molecule has 0 bridgehead atoms. The summed E-state index contributed by atoms with van der Waals surface area (Å²) in [7, 11) is 0. The van der Waals surface area contributed by atoms with Crippen molar-refractivity contribution in [1.82, 2.24) is 0 Å². The number of nitrogens with one attached hydrogen (secondary N) is 1. The van der Waals surface area contributed by atoms with Crippen molar-refractivity contribution in [1.29, 1.82) is 0 Å². The van der Waals surface area contributed by atoms with E-state index in [9.17, 15) is 8.78 Å². The normalized spacial score (nSPS) is 10.4. The maximum Gasteiger partial charge on any atom is 0.145 e. The molecule has 0 amide bonds. The molecule has 20 heavy (non-hydrogen) atoms. The van der Waals surface area contributed by atoms with Crippen LogP contribution in [0.15, 0.2) is 40.9 Å². The second kappa shape index (κ2) is 6.70. The van der Waals surface area contributed by atoms with Gasteiger partial charge >= 0.3 is 0 Å². The molecule has 0 spiro atoms. The third kappa shape index (κ3) is 3.70. The molecule has 106 valence electrons. The molecule has 0 saturated heterocycles. The Balaban J connectivity index is 2.16. The summed E-state index contributed by atoms with van der Waals surface area (Å²) in [6.45, 7) is 2.54. The molecule has 0 saturated carbocycles. The Bertz CT molecular complexity index is 604. The number of hydrogen-bond acceptors (Lipinski definition) is 2. The highest BCUT2D eigenvalue weighted by atomic mass is 79.9. The van der Waals surface area contributed by atoms with E-state index in [-0.39, 0.29) is 18.2 Å². The Morgan fingerprint density at radius 1 is 1.15 bits per heavy atom. The predicted molar refractivity (Wildman–Crippen MR) is 79.0 cm³/mol. The van der Waals surface area contributed by atoms with Gasteiger partial charge in [-0.2, -0.15) is 0 Å². The van der Waals surface area contributed by atoms with Crippen LogP contribution in [0.1, 0.15) is 12.5 Å². The smallest absolute Gasteiger partial charge is 0.145 e. The molecule has 0 fully saturated rings. The van der Waals surface area contributed by atoms with Gasteiger partial charge in [-0.1, -0.05) is 15.9 Å². The molecule has 0 unspecified atom stereocenters. The fraction of sp³-hybridized carbons (Fsp3) is 0.200. The molecule has 2 rings (SSSR count). The predicted octanol–water partition coefficient (Wildman–Crippen LogP) is 4.74. The third-order valence-corrected chi connectivity index (χ3v) is 3.21. The third-order valence-electron chi connectivity index (χ3n) is 2.72. The largest absolute Gasteiger partial charge is 0.492 e. The number of rotatable bonds is 5. The van der Waals surface area contributed by atoms with Gasteiger partial charge in [-0.3, -0.25) is 0 Å². The Hall–Kier alpha value is -1.62. The van der Waals surface area contributed by atoms with Crippen LogP contribution >= 0.6 is 15.9 Å². The quantitative estimate of drug-likeness (QED) is 0.848. The summed E-state index contributed by atoms with van der Waals surface area (Å²) >= 11 is 3.30. The van der Waals surface area contributed by atoms with Crippen LogP contribution in [0.2, 0.25) is 0 Å². The lowest BCUT2D eigenvalue weighted by Gasteiger charge is -2.13. The first-order valence-electron chi connectivity index (χ1n) is 6.20. The topological polar surface area (TPSA) is 21.3 Å². The maximum atomic E-state index is 13.6.